The van der Waals surface area contributed by atoms with Gasteiger partial charge in [-0.15, -0.1) is 0 Å². The third kappa shape index (κ3) is 3.58. The summed E-state index contributed by atoms with van der Waals surface area (Å²) in [6.07, 6.45) is 7.19. The number of aromatic nitrogens is 4. The largest absolute Gasteiger partial charge is 0.494 e. The number of nitrogens with zero attached hydrogens (tertiary/aromatic N) is 5. The molecule has 0 saturated carbocycles. The van der Waals surface area contributed by atoms with E-state index in [0.717, 1.165) is 27.8 Å². The number of anilines is 2. The van der Waals surface area contributed by atoms with Crippen molar-refractivity contribution < 1.29 is 14.4 Å². The van der Waals surface area contributed by atoms with Crippen molar-refractivity contribution in [1.82, 2.24) is 24.0 Å². The van der Waals surface area contributed by atoms with Gasteiger partial charge in [0.25, 0.3) is 5.91 Å². The number of ether oxygens (including phenoxy) is 1. The average Bonchev–Trinajstić information content (AvgIpc) is 3.39. The van der Waals surface area contributed by atoms with E-state index < -0.39 is 0 Å². The molecule has 9 heteroatoms. The van der Waals surface area contributed by atoms with Gasteiger partial charge in [0.1, 0.15) is 11.4 Å². The van der Waals surface area contributed by atoms with Crippen molar-refractivity contribution in [3.8, 4) is 11.4 Å². The van der Waals surface area contributed by atoms with Crippen molar-refractivity contribution in [2.24, 2.45) is 0 Å². The van der Waals surface area contributed by atoms with Crippen LogP contribution in [0.1, 0.15) is 16.2 Å². The minimum atomic E-state index is -0.325. The van der Waals surface area contributed by atoms with Crippen LogP contribution in [-0.2, 0) is 4.84 Å². The van der Waals surface area contributed by atoms with Crippen molar-refractivity contribution in [2.45, 2.75) is 6.92 Å². The third-order valence-electron chi connectivity index (χ3n) is 4.71. The summed E-state index contributed by atoms with van der Waals surface area (Å²) >= 11 is 0. The molecule has 0 atom stereocenters. The van der Waals surface area contributed by atoms with Crippen LogP contribution in [0.5, 0.6) is 5.75 Å². The Labute approximate surface area is 173 Å². The van der Waals surface area contributed by atoms with Gasteiger partial charge in [-0.3, -0.25) is 9.63 Å². The SMILES string of the molecule is COc1cc(Nc2cccn3cc(C(=O)N(C)OC)nc23)ccc1-n1cnc(C)c1. The number of nitrogens with one attached hydrogen (secondary N) is 1. The molecule has 0 aliphatic carbocycles. The standard InChI is InChI=1S/C21H22N6O3/c1-14-11-27(13-22-14)18-8-7-15(10-19(18)29-3)23-16-6-5-9-26-12-17(24-20(16)26)21(28)25(2)30-4/h5-13,23H,1-4H3. The molecule has 1 aromatic carbocycles. The number of hydroxylamine groups is 2. The topological polar surface area (TPSA) is 85.9 Å². The Morgan fingerprint density at radius 3 is 2.73 bits per heavy atom. The maximum Gasteiger partial charge on any atom is 0.297 e. The fourth-order valence-corrected chi connectivity index (χ4v) is 3.14. The zero-order valence-electron chi connectivity index (χ0n) is 17.2. The Morgan fingerprint density at radius 2 is 2.03 bits per heavy atom. The number of aryl methyl sites for hydroxylation is 1. The molecule has 1 N–H and O–H groups in total. The summed E-state index contributed by atoms with van der Waals surface area (Å²) in [4.78, 5) is 26.1. The van der Waals surface area contributed by atoms with E-state index in [-0.39, 0.29) is 11.6 Å². The van der Waals surface area contributed by atoms with E-state index in [1.54, 1.807) is 31.1 Å². The van der Waals surface area contributed by atoms with E-state index >= 15 is 0 Å². The number of methoxy groups -OCH3 is 1. The molecule has 0 aliphatic rings. The number of carbonyl (C=O) groups excluding carboxylic acids is 1. The second-order valence-electron chi connectivity index (χ2n) is 6.70. The van der Waals surface area contributed by atoms with Gasteiger partial charge >= 0.3 is 0 Å². The highest BCUT2D eigenvalue weighted by molar-refractivity contribution is 5.93. The van der Waals surface area contributed by atoms with Crippen molar-refractivity contribution in [1.29, 1.82) is 0 Å². The molecule has 0 unspecified atom stereocenters. The Bertz CT molecular complexity index is 1210. The van der Waals surface area contributed by atoms with Gasteiger partial charge < -0.3 is 19.0 Å². The zero-order valence-corrected chi connectivity index (χ0v) is 17.2. The van der Waals surface area contributed by atoms with Crippen molar-refractivity contribution >= 4 is 22.9 Å². The summed E-state index contributed by atoms with van der Waals surface area (Å²) in [6.45, 7) is 1.94. The molecule has 3 heterocycles. The van der Waals surface area contributed by atoms with Gasteiger partial charge in [-0.25, -0.2) is 15.0 Å². The summed E-state index contributed by atoms with van der Waals surface area (Å²) in [6, 6.07) is 9.59. The van der Waals surface area contributed by atoms with Gasteiger partial charge in [-0.2, -0.15) is 0 Å². The highest BCUT2D eigenvalue weighted by Gasteiger charge is 2.17. The first-order chi connectivity index (χ1) is 14.5. The number of carbonyl (C=O) groups is 1. The van der Waals surface area contributed by atoms with Gasteiger partial charge in [-0.05, 0) is 31.2 Å². The minimum absolute atomic E-state index is 0.289. The summed E-state index contributed by atoms with van der Waals surface area (Å²) in [5.74, 6) is 0.374. The van der Waals surface area contributed by atoms with Crippen LogP contribution in [0.2, 0.25) is 0 Å². The third-order valence-corrected chi connectivity index (χ3v) is 4.71. The molecule has 0 spiro atoms. The predicted octanol–water partition coefficient (Wildman–Crippen LogP) is 3.21. The lowest BCUT2D eigenvalue weighted by Crippen LogP contribution is -2.25. The normalized spacial score (nSPS) is 10.9. The Hall–Kier alpha value is -3.85. The molecule has 0 fully saturated rings. The zero-order chi connectivity index (χ0) is 21.3. The minimum Gasteiger partial charge on any atom is -0.494 e. The number of amides is 1. The highest BCUT2D eigenvalue weighted by atomic mass is 16.7. The van der Waals surface area contributed by atoms with Gasteiger partial charge in [0.15, 0.2) is 5.65 Å². The second kappa shape index (κ2) is 7.88. The molecule has 3 aromatic heterocycles. The number of fused-ring (bicyclic) bond motifs is 1. The molecule has 0 aliphatic heterocycles. The van der Waals surface area contributed by atoms with Crippen LogP contribution in [0, 0.1) is 6.92 Å². The Morgan fingerprint density at radius 1 is 1.20 bits per heavy atom. The van der Waals surface area contributed by atoms with Crippen LogP contribution in [0.3, 0.4) is 0 Å². The van der Waals surface area contributed by atoms with E-state index in [4.69, 9.17) is 9.57 Å². The van der Waals surface area contributed by atoms with E-state index in [1.165, 1.54) is 7.11 Å². The van der Waals surface area contributed by atoms with Crippen LogP contribution in [-0.4, -0.2) is 51.2 Å². The maximum atomic E-state index is 12.4. The van der Waals surface area contributed by atoms with Crippen LogP contribution in [0.25, 0.3) is 11.3 Å². The van der Waals surface area contributed by atoms with E-state index in [0.29, 0.717) is 11.4 Å². The van der Waals surface area contributed by atoms with E-state index in [9.17, 15) is 4.79 Å². The lowest BCUT2D eigenvalue weighted by molar-refractivity contribution is -0.0760. The first-order valence-electron chi connectivity index (χ1n) is 9.26. The summed E-state index contributed by atoms with van der Waals surface area (Å²) < 4.78 is 9.28. The molecule has 4 aromatic rings. The average molecular weight is 406 g/mol. The van der Waals surface area contributed by atoms with Crippen molar-refractivity contribution in [3.63, 3.8) is 0 Å². The number of hydrogen-bond acceptors (Lipinski definition) is 6. The summed E-state index contributed by atoms with van der Waals surface area (Å²) in [5.41, 5.74) is 4.30. The fourth-order valence-electron chi connectivity index (χ4n) is 3.14. The molecular weight excluding hydrogens is 384 g/mol. The van der Waals surface area contributed by atoms with E-state index in [1.807, 2.05) is 54.2 Å². The molecular formula is C21H22N6O3. The van der Waals surface area contributed by atoms with Crippen LogP contribution < -0.4 is 10.1 Å². The van der Waals surface area contributed by atoms with Gasteiger partial charge in [-0.1, -0.05) is 0 Å². The lowest BCUT2D eigenvalue weighted by atomic mass is 10.2. The summed E-state index contributed by atoms with van der Waals surface area (Å²) in [5, 5.41) is 4.49. The first-order valence-corrected chi connectivity index (χ1v) is 9.26. The Kier molecular flexibility index (Phi) is 5.11. The van der Waals surface area contributed by atoms with Gasteiger partial charge in [0.05, 0.1) is 37.6 Å². The maximum absolute atomic E-state index is 12.4. The Balaban J connectivity index is 1.67. The highest BCUT2D eigenvalue weighted by Crippen LogP contribution is 2.29. The second-order valence-corrected chi connectivity index (χ2v) is 6.70. The molecule has 30 heavy (non-hydrogen) atoms. The number of benzene rings is 1. The van der Waals surface area contributed by atoms with Crippen molar-refractivity contribution in [3.05, 3.63) is 66.6 Å². The smallest absolute Gasteiger partial charge is 0.297 e. The number of rotatable bonds is 6. The van der Waals surface area contributed by atoms with Crippen LogP contribution >= 0.6 is 0 Å². The molecule has 0 saturated heterocycles. The van der Waals surface area contributed by atoms with Crippen LogP contribution in [0.15, 0.2) is 55.2 Å². The first kappa shape index (κ1) is 19.5. The predicted molar refractivity (Wildman–Crippen MR) is 112 cm³/mol. The van der Waals surface area contributed by atoms with Gasteiger partial charge in [0, 0.05) is 37.4 Å². The fraction of sp³-hybridized carbons (Fsp3) is 0.190. The van der Waals surface area contributed by atoms with E-state index in [2.05, 4.69) is 15.3 Å². The number of hydrogen-bond donors (Lipinski definition) is 1. The monoisotopic (exact) mass is 406 g/mol. The number of imidazole rings is 2. The summed E-state index contributed by atoms with van der Waals surface area (Å²) in [7, 11) is 4.61. The quantitative estimate of drug-likeness (QED) is 0.495. The molecule has 1 amide bonds. The van der Waals surface area contributed by atoms with Crippen LogP contribution in [0.4, 0.5) is 11.4 Å². The van der Waals surface area contributed by atoms with Crippen molar-refractivity contribution in [2.75, 3.05) is 26.6 Å². The molecule has 0 radical (unpaired) electrons. The molecule has 4 rings (SSSR count). The lowest BCUT2D eigenvalue weighted by Gasteiger charge is -2.13. The number of pyridine rings is 1. The molecule has 9 nitrogen and oxygen atoms in total. The molecule has 0 bridgehead atoms. The van der Waals surface area contributed by atoms with Gasteiger partial charge in [0.2, 0.25) is 0 Å². The molecule has 154 valence electrons.